The van der Waals surface area contributed by atoms with Gasteiger partial charge in [0, 0.05) is 30.6 Å². The molecule has 0 atom stereocenters. The van der Waals surface area contributed by atoms with Crippen molar-refractivity contribution in [2.45, 2.75) is 6.42 Å². The molecule has 6 nitrogen and oxygen atoms in total. The van der Waals surface area contributed by atoms with E-state index in [1.54, 1.807) is 43.9 Å². The normalized spacial score (nSPS) is 10.8. The van der Waals surface area contributed by atoms with Crippen LogP contribution in [0.2, 0.25) is 0 Å². The SMILES string of the molecule is COc1ccc(/C=C/C(=O)NCCc2nc(-c3ccccn3)cs2)cc1OC. The molecular formula is C21H21N3O3S. The van der Waals surface area contributed by atoms with E-state index in [0.29, 0.717) is 24.5 Å². The largest absolute Gasteiger partial charge is 0.493 e. The van der Waals surface area contributed by atoms with E-state index in [1.165, 1.54) is 6.08 Å². The van der Waals surface area contributed by atoms with E-state index in [2.05, 4.69) is 15.3 Å². The molecule has 0 saturated heterocycles. The third kappa shape index (κ3) is 5.17. The lowest BCUT2D eigenvalue weighted by molar-refractivity contribution is -0.116. The van der Waals surface area contributed by atoms with Crippen LogP contribution in [0.5, 0.6) is 11.5 Å². The maximum Gasteiger partial charge on any atom is 0.244 e. The van der Waals surface area contributed by atoms with E-state index in [4.69, 9.17) is 9.47 Å². The predicted molar refractivity (Wildman–Crippen MR) is 111 cm³/mol. The van der Waals surface area contributed by atoms with Crippen molar-refractivity contribution in [2.75, 3.05) is 20.8 Å². The number of aromatic nitrogens is 2. The van der Waals surface area contributed by atoms with Gasteiger partial charge in [-0.3, -0.25) is 9.78 Å². The quantitative estimate of drug-likeness (QED) is 0.590. The second-order valence-electron chi connectivity index (χ2n) is 5.83. The van der Waals surface area contributed by atoms with E-state index in [9.17, 15) is 4.79 Å². The number of thiazole rings is 1. The smallest absolute Gasteiger partial charge is 0.244 e. The predicted octanol–water partition coefficient (Wildman–Crippen LogP) is 3.59. The number of nitrogens with zero attached hydrogens (tertiary/aromatic N) is 2. The van der Waals surface area contributed by atoms with Crippen LogP contribution in [0.25, 0.3) is 17.5 Å². The molecule has 1 aromatic carbocycles. The van der Waals surface area contributed by atoms with Crippen molar-refractivity contribution in [2.24, 2.45) is 0 Å². The van der Waals surface area contributed by atoms with Crippen LogP contribution in [0.1, 0.15) is 10.6 Å². The number of nitrogens with one attached hydrogen (secondary N) is 1. The van der Waals surface area contributed by atoms with Gasteiger partial charge in [0.1, 0.15) is 0 Å². The molecule has 3 aromatic rings. The van der Waals surface area contributed by atoms with Crippen molar-refractivity contribution in [1.29, 1.82) is 0 Å². The van der Waals surface area contributed by atoms with Gasteiger partial charge in [-0.1, -0.05) is 12.1 Å². The summed E-state index contributed by atoms with van der Waals surface area (Å²) in [5.74, 6) is 1.12. The molecule has 3 rings (SSSR count). The molecule has 0 bridgehead atoms. The Morgan fingerprint density at radius 2 is 2.00 bits per heavy atom. The first-order valence-corrected chi connectivity index (χ1v) is 9.61. The number of methoxy groups -OCH3 is 2. The second-order valence-corrected chi connectivity index (χ2v) is 6.77. The average Bonchev–Trinajstić information content (AvgIpc) is 3.21. The Morgan fingerprint density at radius 3 is 2.75 bits per heavy atom. The van der Waals surface area contributed by atoms with Crippen LogP contribution in [-0.4, -0.2) is 36.6 Å². The highest BCUT2D eigenvalue weighted by molar-refractivity contribution is 7.09. The van der Waals surface area contributed by atoms with Gasteiger partial charge in [-0.05, 0) is 35.9 Å². The average molecular weight is 395 g/mol. The Kier molecular flexibility index (Phi) is 6.75. The number of benzene rings is 1. The van der Waals surface area contributed by atoms with Gasteiger partial charge in [0.05, 0.1) is 30.6 Å². The fourth-order valence-electron chi connectivity index (χ4n) is 2.54. The van der Waals surface area contributed by atoms with E-state index >= 15 is 0 Å². The first-order chi connectivity index (χ1) is 13.7. The van der Waals surface area contributed by atoms with Gasteiger partial charge >= 0.3 is 0 Å². The van der Waals surface area contributed by atoms with Crippen molar-refractivity contribution in [3.8, 4) is 22.9 Å². The van der Waals surface area contributed by atoms with Gasteiger partial charge < -0.3 is 14.8 Å². The van der Waals surface area contributed by atoms with Crippen molar-refractivity contribution >= 4 is 23.3 Å². The van der Waals surface area contributed by atoms with Crippen LogP contribution in [0.3, 0.4) is 0 Å². The Morgan fingerprint density at radius 1 is 1.14 bits per heavy atom. The van der Waals surface area contributed by atoms with Crippen molar-refractivity contribution in [3.05, 3.63) is 64.6 Å². The number of amides is 1. The Balaban J connectivity index is 1.50. The molecule has 0 spiro atoms. The minimum atomic E-state index is -0.156. The Labute approximate surface area is 167 Å². The molecule has 1 N–H and O–H groups in total. The monoisotopic (exact) mass is 395 g/mol. The molecule has 1 amide bonds. The molecule has 2 aromatic heterocycles. The third-order valence-electron chi connectivity index (χ3n) is 3.95. The fourth-order valence-corrected chi connectivity index (χ4v) is 3.33. The molecule has 0 aliphatic rings. The number of pyridine rings is 1. The topological polar surface area (TPSA) is 73.3 Å². The number of carbonyl (C=O) groups excluding carboxylic acids is 1. The molecular weight excluding hydrogens is 374 g/mol. The van der Waals surface area contributed by atoms with Gasteiger partial charge in [0.15, 0.2) is 11.5 Å². The first-order valence-electron chi connectivity index (χ1n) is 8.73. The van der Waals surface area contributed by atoms with E-state index < -0.39 is 0 Å². The van der Waals surface area contributed by atoms with Gasteiger partial charge in [0.25, 0.3) is 0 Å². The summed E-state index contributed by atoms with van der Waals surface area (Å²) in [6.07, 6.45) is 5.66. The zero-order chi connectivity index (χ0) is 19.8. The molecule has 0 fully saturated rings. The van der Waals surface area contributed by atoms with Crippen LogP contribution < -0.4 is 14.8 Å². The minimum absolute atomic E-state index is 0.156. The summed E-state index contributed by atoms with van der Waals surface area (Å²) in [4.78, 5) is 20.9. The van der Waals surface area contributed by atoms with Gasteiger partial charge in [-0.2, -0.15) is 0 Å². The van der Waals surface area contributed by atoms with Crippen molar-refractivity contribution in [1.82, 2.24) is 15.3 Å². The van der Waals surface area contributed by atoms with Crippen LogP contribution in [0.15, 0.2) is 54.1 Å². The molecule has 144 valence electrons. The molecule has 0 aliphatic heterocycles. The molecule has 0 aliphatic carbocycles. The van der Waals surface area contributed by atoms with Gasteiger partial charge in [-0.15, -0.1) is 11.3 Å². The van der Waals surface area contributed by atoms with E-state index in [-0.39, 0.29) is 5.91 Å². The fraction of sp³-hybridized carbons (Fsp3) is 0.190. The lowest BCUT2D eigenvalue weighted by atomic mass is 10.2. The van der Waals surface area contributed by atoms with Crippen LogP contribution >= 0.6 is 11.3 Å². The molecule has 7 heteroatoms. The van der Waals surface area contributed by atoms with Crippen LogP contribution in [0.4, 0.5) is 0 Å². The summed E-state index contributed by atoms with van der Waals surface area (Å²) in [6, 6.07) is 11.2. The summed E-state index contributed by atoms with van der Waals surface area (Å²) in [5, 5.41) is 5.82. The number of hydrogen-bond acceptors (Lipinski definition) is 6. The summed E-state index contributed by atoms with van der Waals surface area (Å²) in [5.41, 5.74) is 2.57. The molecule has 0 unspecified atom stereocenters. The first kappa shape index (κ1) is 19.6. The second kappa shape index (κ2) is 9.66. The standard InChI is InChI=1S/C21H21N3O3S/c1-26-18-8-6-15(13-19(18)27-2)7-9-20(25)23-12-10-21-24-17(14-28-21)16-5-3-4-11-22-16/h3-9,11,13-14H,10,12H2,1-2H3,(H,23,25)/b9-7+. The molecule has 0 radical (unpaired) electrons. The highest BCUT2D eigenvalue weighted by Gasteiger charge is 2.06. The summed E-state index contributed by atoms with van der Waals surface area (Å²) in [6.45, 7) is 0.518. The lowest BCUT2D eigenvalue weighted by Crippen LogP contribution is -2.23. The molecule has 0 saturated carbocycles. The molecule has 2 heterocycles. The highest BCUT2D eigenvalue weighted by atomic mass is 32.1. The van der Waals surface area contributed by atoms with Gasteiger partial charge in [-0.25, -0.2) is 4.98 Å². The zero-order valence-corrected chi connectivity index (χ0v) is 16.5. The zero-order valence-electron chi connectivity index (χ0n) is 15.7. The van der Waals surface area contributed by atoms with Crippen molar-refractivity contribution in [3.63, 3.8) is 0 Å². The third-order valence-corrected chi connectivity index (χ3v) is 4.86. The lowest BCUT2D eigenvalue weighted by Gasteiger charge is -2.07. The number of rotatable bonds is 8. The summed E-state index contributed by atoms with van der Waals surface area (Å²) in [7, 11) is 3.17. The Hall–Kier alpha value is -3.19. The van der Waals surface area contributed by atoms with Gasteiger partial charge in [0.2, 0.25) is 5.91 Å². The van der Waals surface area contributed by atoms with E-state index in [1.807, 2.05) is 35.7 Å². The Bertz CT molecular complexity index is 955. The van der Waals surface area contributed by atoms with Crippen LogP contribution in [-0.2, 0) is 11.2 Å². The minimum Gasteiger partial charge on any atom is -0.493 e. The number of carbonyl (C=O) groups is 1. The van der Waals surface area contributed by atoms with E-state index in [0.717, 1.165) is 22.0 Å². The summed E-state index contributed by atoms with van der Waals surface area (Å²) >= 11 is 1.57. The van der Waals surface area contributed by atoms with Crippen LogP contribution in [0, 0.1) is 0 Å². The maximum atomic E-state index is 12.0. The highest BCUT2D eigenvalue weighted by Crippen LogP contribution is 2.27. The molecule has 28 heavy (non-hydrogen) atoms. The maximum absolute atomic E-state index is 12.0. The summed E-state index contributed by atoms with van der Waals surface area (Å²) < 4.78 is 10.5. The van der Waals surface area contributed by atoms with Crippen molar-refractivity contribution < 1.29 is 14.3 Å². The number of hydrogen-bond donors (Lipinski definition) is 1. The number of ether oxygens (including phenoxy) is 2.